The Labute approximate surface area is 96.6 Å². The lowest BCUT2D eigenvalue weighted by Crippen LogP contribution is -2.12. The molecule has 0 aromatic carbocycles. The summed E-state index contributed by atoms with van der Waals surface area (Å²) >= 11 is 1.37. The maximum Gasteiger partial charge on any atom is 0.276 e. The minimum absolute atomic E-state index is 0.252. The standard InChI is InChI=1S/C10H10N4OS/c1-11-8-6-13-10(16-8)14-9(15)7-4-2-3-5-12-7/h2-6,11H,1H3,(H,13,14,15). The predicted octanol–water partition coefficient (Wildman–Crippen LogP) is 1.83. The molecule has 0 aliphatic heterocycles. The Morgan fingerprint density at radius 3 is 2.88 bits per heavy atom. The Hall–Kier alpha value is -1.95. The van der Waals surface area contributed by atoms with E-state index >= 15 is 0 Å². The van der Waals surface area contributed by atoms with Gasteiger partial charge in [0.15, 0.2) is 5.13 Å². The number of nitrogens with one attached hydrogen (secondary N) is 2. The SMILES string of the molecule is CNc1cnc(NC(=O)c2ccccn2)s1. The van der Waals surface area contributed by atoms with E-state index in [1.807, 2.05) is 0 Å². The zero-order valence-electron chi connectivity index (χ0n) is 8.60. The molecule has 2 heterocycles. The van der Waals surface area contributed by atoms with Crippen molar-refractivity contribution in [1.29, 1.82) is 0 Å². The van der Waals surface area contributed by atoms with E-state index in [4.69, 9.17) is 0 Å². The second-order valence-corrected chi connectivity index (χ2v) is 3.98. The minimum Gasteiger partial charge on any atom is -0.379 e. The van der Waals surface area contributed by atoms with Gasteiger partial charge in [-0.05, 0) is 12.1 Å². The molecule has 0 fully saturated rings. The summed E-state index contributed by atoms with van der Waals surface area (Å²) in [6.07, 6.45) is 3.24. The molecule has 0 aliphatic rings. The molecule has 16 heavy (non-hydrogen) atoms. The molecule has 2 N–H and O–H groups in total. The van der Waals surface area contributed by atoms with E-state index in [9.17, 15) is 4.79 Å². The molecule has 6 heteroatoms. The molecule has 0 spiro atoms. The van der Waals surface area contributed by atoms with Crippen molar-refractivity contribution in [2.75, 3.05) is 17.7 Å². The Morgan fingerprint density at radius 2 is 2.25 bits per heavy atom. The van der Waals surface area contributed by atoms with Crippen molar-refractivity contribution in [2.45, 2.75) is 0 Å². The number of rotatable bonds is 3. The van der Waals surface area contributed by atoms with E-state index in [0.29, 0.717) is 10.8 Å². The van der Waals surface area contributed by atoms with Gasteiger partial charge in [-0.25, -0.2) is 4.98 Å². The molecule has 0 radical (unpaired) electrons. The summed E-state index contributed by atoms with van der Waals surface area (Å²) in [6.45, 7) is 0. The summed E-state index contributed by atoms with van der Waals surface area (Å²) in [5.74, 6) is -0.252. The lowest BCUT2D eigenvalue weighted by Gasteiger charge is -1.99. The number of carbonyl (C=O) groups is 1. The van der Waals surface area contributed by atoms with Crippen molar-refractivity contribution in [3.8, 4) is 0 Å². The summed E-state index contributed by atoms with van der Waals surface area (Å²) in [7, 11) is 1.80. The highest BCUT2D eigenvalue weighted by Gasteiger charge is 2.08. The van der Waals surface area contributed by atoms with Crippen LogP contribution in [0.1, 0.15) is 10.5 Å². The predicted molar refractivity (Wildman–Crippen MR) is 63.9 cm³/mol. The van der Waals surface area contributed by atoms with Crippen molar-refractivity contribution < 1.29 is 4.79 Å². The zero-order chi connectivity index (χ0) is 11.4. The van der Waals surface area contributed by atoms with Crippen LogP contribution in [-0.4, -0.2) is 22.9 Å². The van der Waals surface area contributed by atoms with Crippen LogP contribution in [0.4, 0.5) is 10.1 Å². The first-order chi connectivity index (χ1) is 7.79. The maximum absolute atomic E-state index is 11.7. The quantitative estimate of drug-likeness (QED) is 0.850. The Balaban J connectivity index is 2.08. The number of nitrogens with zero attached hydrogens (tertiary/aromatic N) is 2. The van der Waals surface area contributed by atoms with E-state index in [0.717, 1.165) is 5.00 Å². The van der Waals surface area contributed by atoms with E-state index < -0.39 is 0 Å². The maximum atomic E-state index is 11.7. The van der Waals surface area contributed by atoms with Gasteiger partial charge in [-0.3, -0.25) is 15.1 Å². The fourth-order valence-electron chi connectivity index (χ4n) is 1.11. The molecule has 2 rings (SSSR count). The summed E-state index contributed by atoms with van der Waals surface area (Å²) in [6, 6.07) is 5.18. The third-order valence-electron chi connectivity index (χ3n) is 1.87. The van der Waals surface area contributed by atoms with Gasteiger partial charge in [-0.15, -0.1) is 0 Å². The first-order valence-corrected chi connectivity index (χ1v) is 5.47. The summed E-state index contributed by atoms with van der Waals surface area (Å²) in [5.41, 5.74) is 0.378. The van der Waals surface area contributed by atoms with Gasteiger partial charge in [0.1, 0.15) is 10.7 Å². The molecule has 0 aliphatic carbocycles. The Morgan fingerprint density at radius 1 is 1.38 bits per heavy atom. The molecular weight excluding hydrogens is 224 g/mol. The fourth-order valence-corrected chi connectivity index (χ4v) is 1.77. The third-order valence-corrected chi connectivity index (χ3v) is 2.80. The van der Waals surface area contributed by atoms with E-state index in [-0.39, 0.29) is 5.91 Å². The van der Waals surface area contributed by atoms with Gasteiger partial charge in [0.05, 0.1) is 6.20 Å². The number of carbonyl (C=O) groups excluding carboxylic acids is 1. The third kappa shape index (κ3) is 2.34. The molecule has 82 valence electrons. The van der Waals surface area contributed by atoms with Crippen LogP contribution in [0.25, 0.3) is 0 Å². The van der Waals surface area contributed by atoms with Gasteiger partial charge in [0.2, 0.25) is 0 Å². The van der Waals surface area contributed by atoms with Gasteiger partial charge in [-0.1, -0.05) is 17.4 Å². The van der Waals surface area contributed by atoms with Crippen molar-refractivity contribution in [3.63, 3.8) is 0 Å². The molecule has 0 saturated carbocycles. The molecule has 1 amide bonds. The highest BCUT2D eigenvalue weighted by Crippen LogP contribution is 2.22. The number of anilines is 2. The van der Waals surface area contributed by atoms with Crippen LogP contribution < -0.4 is 10.6 Å². The number of hydrogen-bond donors (Lipinski definition) is 2. The second-order valence-electron chi connectivity index (χ2n) is 2.95. The second kappa shape index (κ2) is 4.71. The number of pyridine rings is 1. The average Bonchev–Trinajstić information content (AvgIpc) is 2.78. The van der Waals surface area contributed by atoms with Gasteiger partial charge in [0.25, 0.3) is 5.91 Å². The largest absolute Gasteiger partial charge is 0.379 e. The summed E-state index contributed by atoms with van der Waals surface area (Å²) < 4.78 is 0. The number of aromatic nitrogens is 2. The van der Waals surface area contributed by atoms with Gasteiger partial charge in [-0.2, -0.15) is 0 Å². The zero-order valence-corrected chi connectivity index (χ0v) is 9.41. The van der Waals surface area contributed by atoms with Crippen molar-refractivity contribution >= 4 is 27.4 Å². The molecule has 2 aromatic heterocycles. The van der Waals surface area contributed by atoms with Crippen LogP contribution in [0.3, 0.4) is 0 Å². The van der Waals surface area contributed by atoms with E-state index in [1.165, 1.54) is 11.3 Å². The van der Waals surface area contributed by atoms with Gasteiger partial charge < -0.3 is 5.32 Å². The molecule has 2 aromatic rings. The highest BCUT2D eigenvalue weighted by molar-refractivity contribution is 7.19. The van der Waals surface area contributed by atoms with Crippen molar-refractivity contribution in [1.82, 2.24) is 9.97 Å². The number of thiazole rings is 1. The topological polar surface area (TPSA) is 66.9 Å². The van der Waals surface area contributed by atoms with Gasteiger partial charge in [0, 0.05) is 13.2 Å². The smallest absolute Gasteiger partial charge is 0.276 e. The van der Waals surface area contributed by atoms with Crippen LogP contribution in [0.5, 0.6) is 0 Å². The lowest BCUT2D eigenvalue weighted by atomic mass is 10.3. The van der Waals surface area contributed by atoms with Crippen LogP contribution in [0.2, 0.25) is 0 Å². The molecular formula is C10H10N4OS. The molecule has 5 nitrogen and oxygen atoms in total. The molecule has 0 unspecified atom stereocenters. The minimum atomic E-state index is -0.252. The van der Waals surface area contributed by atoms with Crippen LogP contribution >= 0.6 is 11.3 Å². The Bertz CT molecular complexity index is 483. The lowest BCUT2D eigenvalue weighted by molar-refractivity contribution is 0.102. The molecule has 0 atom stereocenters. The van der Waals surface area contributed by atoms with Crippen LogP contribution in [-0.2, 0) is 0 Å². The van der Waals surface area contributed by atoms with Crippen LogP contribution in [0.15, 0.2) is 30.6 Å². The average molecular weight is 234 g/mol. The Kier molecular flexibility index (Phi) is 3.11. The summed E-state index contributed by atoms with van der Waals surface area (Å²) in [4.78, 5) is 19.7. The van der Waals surface area contributed by atoms with Crippen molar-refractivity contribution in [2.24, 2.45) is 0 Å². The summed E-state index contributed by atoms with van der Waals surface area (Å²) in [5, 5.41) is 7.08. The van der Waals surface area contributed by atoms with E-state index in [2.05, 4.69) is 20.6 Å². The van der Waals surface area contributed by atoms with E-state index in [1.54, 1.807) is 37.6 Å². The van der Waals surface area contributed by atoms with Crippen molar-refractivity contribution in [3.05, 3.63) is 36.3 Å². The number of amides is 1. The molecule has 0 bridgehead atoms. The highest BCUT2D eigenvalue weighted by atomic mass is 32.1. The van der Waals surface area contributed by atoms with Gasteiger partial charge >= 0.3 is 0 Å². The number of hydrogen-bond acceptors (Lipinski definition) is 5. The fraction of sp³-hybridized carbons (Fsp3) is 0.100. The first kappa shape index (κ1) is 10.6. The first-order valence-electron chi connectivity index (χ1n) is 4.65. The molecule has 0 saturated heterocycles. The van der Waals surface area contributed by atoms with Crippen LogP contribution in [0, 0.1) is 0 Å². The monoisotopic (exact) mass is 234 g/mol. The normalized spacial score (nSPS) is 9.81.